The van der Waals surface area contributed by atoms with Crippen molar-refractivity contribution in [2.45, 2.75) is 26.3 Å². The Bertz CT molecular complexity index is 429. The highest BCUT2D eigenvalue weighted by molar-refractivity contribution is 5.75. The molecule has 0 heterocycles. The molecule has 3 N–H and O–H groups in total. The summed E-state index contributed by atoms with van der Waals surface area (Å²) in [7, 11) is 0. The van der Waals surface area contributed by atoms with E-state index in [2.05, 4.69) is 17.2 Å². The summed E-state index contributed by atoms with van der Waals surface area (Å²) in [6.45, 7) is 2.90. The summed E-state index contributed by atoms with van der Waals surface area (Å²) in [5, 5.41) is 2.87. The van der Waals surface area contributed by atoms with Crippen LogP contribution in [0.5, 0.6) is 0 Å². The largest absolute Gasteiger partial charge is 0.352 e. The molecule has 0 spiro atoms. The first-order chi connectivity index (χ1) is 8.26. The number of nitrogens with one attached hydrogen (secondary N) is 1. The number of hydrogen-bond donors (Lipinski definition) is 2. The quantitative estimate of drug-likeness (QED) is 0.768. The summed E-state index contributed by atoms with van der Waals surface area (Å²) in [5.74, 6) is 5.87. The highest BCUT2D eigenvalue weighted by atomic mass is 16.1. The number of nitrogens with two attached hydrogens (primary N) is 1. The molecule has 0 atom stereocenters. The number of carbonyl (C=O) groups excluding carboxylic acids is 1. The molecule has 0 bridgehead atoms. The first-order valence-corrected chi connectivity index (χ1v) is 5.81. The third-order valence-electron chi connectivity index (χ3n) is 2.23. The van der Waals surface area contributed by atoms with Gasteiger partial charge >= 0.3 is 0 Å². The fraction of sp³-hybridized carbons (Fsp3) is 0.357. The van der Waals surface area contributed by atoms with E-state index in [4.69, 9.17) is 5.73 Å². The van der Waals surface area contributed by atoms with Gasteiger partial charge in [-0.15, -0.1) is 0 Å². The average molecular weight is 230 g/mol. The normalized spacial score (nSPS) is 9.29. The molecule has 1 aromatic carbocycles. The molecule has 0 saturated carbocycles. The van der Waals surface area contributed by atoms with E-state index >= 15 is 0 Å². The molecule has 1 aromatic rings. The lowest BCUT2D eigenvalue weighted by atomic mass is 10.1. The van der Waals surface area contributed by atoms with Crippen LogP contribution in [0.1, 0.15) is 30.9 Å². The Morgan fingerprint density at radius 3 is 3.00 bits per heavy atom. The van der Waals surface area contributed by atoms with Gasteiger partial charge in [-0.3, -0.25) is 4.79 Å². The molecule has 90 valence electrons. The standard InChI is InChI=1S/C14H18N2O/c1-2-5-14(17)16-11-13-7-3-6-12(10-13)8-4-9-15/h3,6-7,10H,2,5,9,11,15H2,1H3,(H,16,17). The van der Waals surface area contributed by atoms with Gasteiger partial charge in [0.15, 0.2) is 0 Å². The number of benzene rings is 1. The number of hydrogen-bond acceptors (Lipinski definition) is 2. The lowest BCUT2D eigenvalue weighted by Gasteiger charge is -2.04. The van der Waals surface area contributed by atoms with Gasteiger partial charge in [-0.2, -0.15) is 0 Å². The molecule has 0 fully saturated rings. The van der Waals surface area contributed by atoms with E-state index in [0.717, 1.165) is 17.5 Å². The van der Waals surface area contributed by atoms with Crippen molar-refractivity contribution in [1.82, 2.24) is 5.32 Å². The predicted octanol–water partition coefficient (Wildman–Crippen LogP) is 1.41. The van der Waals surface area contributed by atoms with Crippen LogP contribution in [0.3, 0.4) is 0 Å². The third-order valence-corrected chi connectivity index (χ3v) is 2.23. The van der Waals surface area contributed by atoms with Gasteiger partial charge in [-0.05, 0) is 24.1 Å². The minimum atomic E-state index is 0.0888. The maximum absolute atomic E-state index is 11.3. The Morgan fingerprint density at radius 1 is 1.47 bits per heavy atom. The van der Waals surface area contributed by atoms with E-state index in [1.54, 1.807) is 0 Å². The second-order valence-corrected chi connectivity index (χ2v) is 3.73. The van der Waals surface area contributed by atoms with Crippen LogP contribution in [0, 0.1) is 11.8 Å². The van der Waals surface area contributed by atoms with Crippen molar-refractivity contribution in [3.8, 4) is 11.8 Å². The molecule has 0 aliphatic carbocycles. The molecule has 3 heteroatoms. The zero-order chi connectivity index (χ0) is 12.5. The van der Waals surface area contributed by atoms with Crippen LogP contribution in [0.4, 0.5) is 0 Å². The molecule has 0 unspecified atom stereocenters. The Balaban J connectivity index is 2.57. The predicted molar refractivity (Wildman–Crippen MR) is 69.1 cm³/mol. The van der Waals surface area contributed by atoms with Gasteiger partial charge in [0.2, 0.25) is 5.91 Å². The summed E-state index contributed by atoms with van der Waals surface area (Å²) >= 11 is 0. The topological polar surface area (TPSA) is 55.1 Å². The highest BCUT2D eigenvalue weighted by Crippen LogP contribution is 2.04. The second-order valence-electron chi connectivity index (χ2n) is 3.73. The molecule has 0 aliphatic heterocycles. The molecule has 1 amide bonds. The van der Waals surface area contributed by atoms with Crippen molar-refractivity contribution in [1.29, 1.82) is 0 Å². The lowest BCUT2D eigenvalue weighted by Crippen LogP contribution is -2.22. The van der Waals surface area contributed by atoms with Gasteiger partial charge < -0.3 is 11.1 Å². The lowest BCUT2D eigenvalue weighted by molar-refractivity contribution is -0.121. The smallest absolute Gasteiger partial charge is 0.220 e. The molecule has 0 aromatic heterocycles. The van der Waals surface area contributed by atoms with Crippen LogP contribution in [0.25, 0.3) is 0 Å². The van der Waals surface area contributed by atoms with Crippen LogP contribution in [-0.4, -0.2) is 12.5 Å². The van der Waals surface area contributed by atoms with Crippen LogP contribution >= 0.6 is 0 Å². The summed E-state index contributed by atoms with van der Waals surface area (Å²) in [6, 6.07) is 7.80. The highest BCUT2D eigenvalue weighted by Gasteiger charge is 1.99. The van der Waals surface area contributed by atoms with E-state index < -0.39 is 0 Å². The Labute approximate surface area is 102 Å². The summed E-state index contributed by atoms with van der Waals surface area (Å²) in [4.78, 5) is 11.3. The zero-order valence-corrected chi connectivity index (χ0v) is 10.1. The fourth-order valence-corrected chi connectivity index (χ4v) is 1.43. The second kappa shape index (κ2) is 7.48. The van der Waals surface area contributed by atoms with E-state index in [0.29, 0.717) is 19.5 Å². The maximum atomic E-state index is 11.3. The molecule has 1 rings (SSSR count). The van der Waals surface area contributed by atoms with Crippen molar-refractivity contribution < 1.29 is 4.79 Å². The zero-order valence-electron chi connectivity index (χ0n) is 10.1. The minimum Gasteiger partial charge on any atom is -0.352 e. The summed E-state index contributed by atoms with van der Waals surface area (Å²) in [5.41, 5.74) is 7.30. The van der Waals surface area contributed by atoms with Crippen molar-refractivity contribution in [2.24, 2.45) is 5.73 Å². The molecular weight excluding hydrogens is 212 g/mol. The van der Waals surface area contributed by atoms with E-state index in [-0.39, 0.29) is 5.91 Å². The summed E-state index contributed by atoms with van der Waals surface area (Å²) < 4.78 is 0. The first kappa shape index (κ1) is 13.3. The van der Waals surface area contributed by atoms with Crippen molar-refractivity contribution in [3.63, 3.8) is 0 Å². The molecular formula is C14H18N2O. The molecule has 0 radical (unpaired) electrons. The van der Waals surface area contributed by atoms with E-state index in [1.807, 2.05) is 31.2 Å². The van der Waals surface area contributed by atoms with Gasteiger partial charge in [-0.1, -0.05) is 30.9 Å². The molecule has 3 nitrogen and oxygen atoms in total. The average Bonchev–Trinajstić information content (AvgIpc) is 2.35. The number of carbonyl (C=O) groups is 1. The van der Waals surface area contributed by atoms with Gasteiger partial charge in [0, 0.05) is 18.5 Å². The molecule has 0 aliphatic rings. The van der Waals surface area contributed by atoms with Crippen LogP contribution in [-0.2, 0) is 11.3 Å². The van der Waals surface area contributed by atoms with Crippen LogP contribution < -0.4 is 11.1 Å². The maximum Gasteiger partial charge on any atom is 0.220 e. The van der Waals surface area contributed by atoms with Crippen molar-refractivity contribution in [2.75, 3.05) is 6.54 Å². The number of amides is 1. The van der Waals surface area contributed by atoms with Crippen LogP contribution in [0.15, 0.2) is 24.3 Å². The van der Waals surface area contributed by atoms with Crippen LogP contribution in [0.2, 0.25) is 0 Å². The van der Waals surface area contributed by atoms with Gasteiger partial charge in [0.1, 0.15) is 0 Å². The monoisotopic (exact) mass is 230 g/mol. The fourth-order valence-electron chi connectivity index (χ4n) is 1.43. The van der Waals surface area contributed by atoms with Crippen molar-refractivity contribution in [3.05, 3.63) is 35.4 Å². The van der Waals surface area contributed by atoms with E-state index in [9.17, 15) is 4.79 Å². The third kappa shape index (κ3) is 5.19. The van der Waals surface area contributed by atoms with Gasteiger partial charge in [0.25, 0.3) is 0 Å². The number of rotatable bonds is 4. The minimum absolute atomic E-state index is 0.0888. The molecule has 0 saturated heterocycles. The Hall–Kier alpha value is -1.79. The van der Waals surface area contributed by atoms with Crippen molar-refractivity contribution >= 4 is 5.91 Å². The van der Waals surface area contributed by atoms with Gasteiger partial charge in [-0.25, -0.2) is 0 Å². The Morgan fingerprint density at radius 2 is 2.29 bits per heavy atom. The first-order valence-electron chi connectivity index (χ1n) is 5.81. The SMILES string of the molecule is CCCC(=O)NCc1cccc(C#CCN)c1. The molecule has 17 heavy (non-hydrogen) atoms. The Kier molecular flexibility index (Phi) is 5.84. The van der Waals surface area contributed by atoms with Gasteiger partial charge in [0.05, 0.1) is 6.54 Å². The summed E-state index contributed by atoms with van der Waals surface area (Å²) in [6.07, 6.45) is 1.44. The van der Waals surface area contributed by atoms with E-state index in [1.165, 1.54) is 0 Å².